The molecular weight excluding hydrogens is 234 g/mol. The van der Waals surface area contributed by atoms with E-state index >= 15 is 0 Å². The Morgan fingerprint density at radius 3 is 3.18 bits per heavy atom. The van der Waals surface area contributed by atoms with E-state index in [1.165, 1.54) is 12.2 Å². The lowest BCUT2D eigenvalue weighted by Gasteiger charge is -2.31. The van der Waals surface area contributed by atoms with Gasteiger partial charge in [0.15, 0.2) is 0 Å². The summed E-state index contributed by atoms with van der Waals surface area (Å²) in [6.45, 7) is 3.19. The Morgan fingerprint density at radius 1 is 1.59 bits per heavy atom. The molecule has 2 fully saturated rings. The summed E-state index contributed by atoms with van der Waals surface area (Å²) in [5, 5.41) is 6.57. The number of piperidine rings is 1. The van der Waals surface area contributed by atoms with Crippen molar-refractivity contribution in [3.05, 3.63) is 0 Å². The molecule has 2 atom stereocenters. The maximum absolute atomic E-state index is 11.9. The Balaban J connectivity index is 1.68. The minimum atomic E-state index is 0.213. The van der Waals surface area contributed by atoms with Crippen LogP contribution in [-0.4, -0.2) is 61.1 Å². The molecule has 0 saturated carbocycles. The molecule has 2 rings (SSSR count). The number of rotatable bonds is 3. The van der Waals surface area contributed by atoms with Crippen molar-refractivity contribution in [2.24, 2.45) is 0 Å². The second kappa shape index (κ2) is 6.61. The van der Waals surface area contributed by atoms with E-state index in [1.54, 1.807) is 0 Å². The van der Waals surface area contributed by atoms with Crippen molar-refractivity contribution < 1.29 is 4.79 Å². The molecule has 0 radical (unpaired) electrons. The van der Waals surface area contributed by atoms with Gasteiger partial charge in [0.1, 0.15) is 0 Å². The van der Waals surface area contributed by atoms with E-state index < -0.39 is 0 Å². The van der Waals surface area contributed by atoms with E-state index in [4.69, 9.17) is 0 Å². The van der Waals surface area contributed by atoms with Gasteiger partial charge in [-0.2, -0.15) is 11.8 Å². The van der Waals surface area contributed by atoms with Gasteiger partial charge < -0.3 is 15.5 Å². The number of hydrogen-bond acceptors (Lipinski definition) is 4. The third-order valence-corrected chi connectivity index (χ3v) is 4.55. The van der Waals surface area contributed by atoms with E-state index in [9.17, 15) is 4.79 Å². The van der Waals surface area contributed by atoms with E-state index in [0.717, 1.165) is 31.8 Å². The molecule has 2 aliphatic heterocycles. The minimum absolute atomic E-state index is 0.213. The Labute approximate surface area is 108 Å². The molecule has 0 bridgehead atoms. The Hall–Kier alpha value is -0.260. The van der Waals surface area contributed by atoms with Gasteiger partial charge in [-0.3, -0.25) is 4.79 Å². The van der Waals surface area contributed by atoms with Crippen molar-refractivity contribution in [3.63, 3.8) is 0 Å². The first-order valence-corrected chi connectivity index (χ1v) is 7.68. The summed E-state index contributed by atoms with van der Waals surface area (Å²) in [5.41, 5.74) is 0. The molecule has 2 saturated heterocycles. The molecule has 5 heteroatoms. The molecular formula is C12H23N3OS. The van der Waals surface area contributed by atoms with Crippen LogP contribution in [0.3, 0.4) is 0 Å². The predicted octanol–water partition coefficient (Wildman–Crippen LogP) is 0.292. The molecule has 2 unspecified atom stereocenters. The molecule has 0 aliphatic carbocycles. The molecule has 0 aromatic carbocycles. The van der Waals surface area contributed by atoms with E-state index in [1.807, 2.05) is 11.8 Å². The number of carbonyl (C=O) groups is 1. The first-order chi connectivity index (χ1) is 8.24. The molecule has 17 heavy (non-hydrogen) atoms. The van der Waals surface area contributed by atoms with Crippen LogP contribution in [0.5, 0.6) is 0 Å². The molecule has 0 aromatic heterocycles. The number of thioether (sulfide) groups is 1. The normalized spacial score (nSPS) is 31.1. The maximum atomic E-state index is 11.9. The van der Waals surface area contributed by atoms with Gasteiger partial charge in [-0.25, -0.2) is 0 Å². The number of hydrogen-bond donors (Lipinski definition) is 2. The van der Waals surface area contributed by atoms with E-state index in [-0.39, 0.29) is 5.91 Å². The number of nitrogens with one attached hydrogen (secondary N) is 2. The van der Waals surface area contributed by atoms with Crippen molar-refractivity contribution in [2.45, 2.75) is 31.3 Å². The Bertz CT molecular complexity index is 256. The van der Waals surface area contributed by atoms with Crippen molar-refractivity contribution >= 4 is 17.7 Å². The lowest BCUT2D eigenvalue weighted by molar-refractivity contribution is -0.122. The van der Waals surface area contributed by atoms with Crippen molar-refractivity contribution in [2.75, 3.05) is 38.2 Å². The predicted molar refractivity (Wildman–Crippen MR) is 72.4 cm³/mol. The zero-order chi connectivity index (χ0) is 12.1. The van der Waals surface area contributed by atoms with Gasteiger partial charge >= 0.3 is 0 Å². The lowest BCUT2D eigenvalue weighted by Crippen LogP contribution is -2.48. The van der Waals surface area contributed by atoms with Gasteiger partial charge in [-0.15, -0.1) is 0 Å². The molecule has 2 heterocycles. The zero-order valence-corrected chi connectivity index (χ0v) is 11.4. The van der Waals surface area contributed by atoms with E-state index in [0.29, 0.717) is 18.5 Å². The number of nitrogens with zero attached hydrogens (tertiary/aromatic N) is 1. The quantitative estimate of drug-likeness (QED) is 0.763. The number of amides is 1. The number of carbonyl (C=O) groups excluding carboxylic acids is 1. The minimum Gasteiger partial charge on any atom is -0.352 e. The Kier molecular flexibility index (Phi) is 5.13. The third kappa shape index (κ3) is 4.48. The Morgan fingerprint density at radius 2 is 2.47 bits per heavy atom. The summed E-state index contributed by atoms with van der Waals surface area (Å²) in [5.74, 6) is 2.45. The van der Waals surface area contributed by atoms with Gasteiger partial charge in [0.05, 0.1) is 0 Å². The van der Waals surface area contributed by atoms with Crippen LogP contribution < -0.4 is 10.6 Å². The first kappa shape index (κ1) is 13.2. The molecule has 4 nitrogen and oxygen atoms in total. The monoisotopic (exact) mass is 257 g/mol. The standard InChI is InChI=1S/C12H23N3OS/c1-15-5-2-3-10(8-15)14-12(16)7-11-9-17-6-4-13-11/h10-11,13H,2-9H2,1H3,(H,14,16). The average molecular weight is 257 g/mol. The van der Waals surface area contributed by atoms with Crippen LogP contribution in [-0.2, 0) is 4.79 Å². The summed E-state index contributed by atoms with van der Waals surface area (Å²) < 4.78 is 0. The van der Waals surface area contributed by atoms with Crippen molar-refractivity contribution in [1.29, 1.82) is 0 Å². The molecule has 2 N–H and O–H groups in total. The van der Waals surface area contributed by atoms with Crippen LogP contribution >= 0.6 is 11.8 Å². The molecule has 0 spiro atoms. The highest BCUT2D eigenvalue weighted by atomic mass is 32.2. The van der Waals surface area contributed by atoms with E-state index in [2.05, 4.69) is 22.6 Å². The summed E-state index contributed by atoms with van der Waals surface area (Å²) in [4.78, 5) is 14.2. The van der Waals surface area contributed by atoms with Crippen LogP contribution in [0.2, 0.25) is 0 Å². The fourth-order valence-corrected chi connectivity index (χ4v) is 3.49. The van der Waals surface area contributed by atoms with Gasteiger partial charge in [-0.1, -0.05) is 0 Å². The van der Waals surface area contributed by atoms with Crippen molar-refractivity contribution in [1.82, 2.24) is 15.5 Å². The molecule has 0 aromatic rings. The summed E-state index contributed by atoms with van der Waals surface area (Å²) in [6.07, 6.45) is 2.95. The second-order valence-electron chi connectivity index (χ2n) is 5.10. The van der Waals surface area contributed by atoms with Crippen LogP contribution in [0, 0.1) is 0 Å². The smallest absolute Gasteiger partial charge is 0.221 e. The SMILES string of the molecule is CN1CCCC(NC(=O)CC2CSCCN2)C1. The first-order valence-electron chi connectivity index (χ1n) is 6.53. The summed E-state index contributed by atoms with van der Waals surface area (Å²) in [7, 11) is 2.12. The van der Waals surface area contributed by atoms with Crippen LogP contribution in [0.4, 0.5) is 0 Å². The summed E-state index contributed by atoms with van der Waals surface area (Å²) in [6, 6.07) is 0.729. The van der Waals surface area contributed by atoms with Gasteiger partial charge in [-0.05, 0) is 26.4 Å². The fraction of sp³-hybridized carbons (Fsp3) is 0.917. The van der Waals surface area contributed by atoms with Gasteiger partial charge in [0.25, 0.3) is 0 Å². The van der Waals surface area contributed by atoms with Crippen molar-refractivity contribution in [3.8, 4) is 0 Å². The van der Waals surface area contributed by atoms with Gasteiger partial charge in [0.2, 0.25) is 5.91 Å². The van der Waals surface area contributed by atoms with Crippen LogP contribution in [0.25, 0.3) is 0 Å². The highest BCUT2D eigenvalue weighted by molar-refractivity contribution is 7.99. The van der Waals surface area contributed by atoms with Gasteiger partial charge in [0, 0.05) is 43.1 Å². The fourth-order valence-electron chi connectivity index (χ4n) is 2.55. The molecule has 2 aliphatic rings. The average Bonchev–Trinajstić information content (AvgIpc) is 2.30. The largest absolute Gasteiger partial charge is 0.352 e. The maximum Gasteiger partial charge on any atom is 0.221 e. The molecule has 98 valence electrons. The third-order valence-electron chi connectivity index (χ3n) is 3.42. The van der Waals surface area contributed by atoms with Crippen LogP contribution in [0.15, 0.2) is 0 Å². The zero-order valence-electron chi connectivity index (χ0n) is 10.6. The summed E-state index contributed by atoms with van der Waals surface area (Å²) >= 11 is 1.94. The second-order valence-corrected chi connectivity index (χ2v) is 6.25. The lowest BCUT2D eigenvalue weighted by atomic mass is 10.1. The molecule has 1 amide bonds. The highest BCUT2D eigenvalue weighted by Crippen LogP contribution is 2.11. The topological polar surface area (TPSA) is 44.4 Å². The van der Waals surface area contributed by atoms with Crippen LogP contribution in [0.1, 0.15) is 19.3 Å². The number of likely N-dealkylation sites (N-methyl/N-ethyl adjacent to an activating group) is 1. The highest BCUT2D eigenvalue weighted by Gasteiger charge is 2.21. The number of likely N-dealkylation sites (tertiary alicyclic amines) is 1.